The molecule has 1 unspecified atom stereocenters. The number of carboxylic acids is 1. The number of amides is 1. The van der Waals surface area contributed by atoms with Crippen LogP contribution < -0.4 is 11.1 Å². The fourth-order valence-electron chi connectivity index (χ4n) is 3.01. The molecule has 4 N–H and O–H groups in total. The van der Waals surface area contributed by atoms with Gasteiger partial charge in [-0.05, 0) is 44.6 Å². The second-order valence-corrected chi connectivity index (χ2v) is 6.02. The lowest BCUT2D eigenvalue weighted by Crippen LogP contribution is -2.54. The van der Waals surface area contributed by atoms with E-state index in [9.17, 15) is 9.59 Å². The number of carbonyl (C=O) groups excluding carboxylic acids is 1. The first-order chi connectivity index (χ1) is 9.51. The molecular formula is C15H28N2O3. The van der Waals surface area contributed by atoms with Crippen LogP contribution >= 0.6 is 0 Å². The highest BCUT2D eigenvalue weighted by molar-refractivity contribution is 5.78. The van der Waals surface area contributed by atoms with Gasteiger partial charge in [-0.15, -0.1) is 0 Å². The van der Waals surface area contributed by atoms with Gasteiger partial charge in [0.05, 0.1) is 12.0 Å². The monoisotopic (exact) mass is 284 g/mol. The number of hydrogen-bond acceptors (Lipinski definition) is 3. The average molecular weight is 284 g/mol. The van der Waals surface area contributed by atoms with Crippen LogP contribution in [0.5, 0.6) is 0 Å². The minimum atomic E-state index is -0.836. The van der Waals surface area contributed by atoms with Crippen molar-refractivity contribution in [3.05, 3.63) is 0 Å². The molecule has 5 heteroatoms. The Morgan fingerprint density at radius 1 is 1.30 bits per heavy atom. The van der Waals surface area contributed by atoms with Crippen LogP contribution in [0.15, 0.2) is 0 Å². The van der Waals surface area contributed by atoms with Crippen molar-refractivity contribution < 1.29 is 14.7 Å². The zero-order valence-electron chi connectivity index (χ0n) is 12.5. The van der Waals surface area contributed by atoms with Crippen LogP contribution in [0.25, 0.3) is 0 Å². The van der Waals surface area contributed by atoms with E-state index in [1.165, 1.54) is 0 Å². The summed E-state index contributed by atoms with van der Waals surface area (Å²) in [5, 5.41) is 11.9. The highest BCUT2D eigenvalue weighted by Crippen LogP contribution is 2.35. The summed E-state index contributed by atoms with van der Waals surface area (Å²) in [5.74, 6) is -0.339. The fourth-order valence-corrected chi connectivity index (χ4v) is 3.01. The predicted octanol–water partition coefficient (Wildman–Crippen LogP) is 2.05. The molecule has 1 atom stereocenters. The van der Waals surface area contributed by atoms with Gasteiger partial charge < -0.3 is 16.2 Å². The van der Waals surface area contributed by atoms with Gasteiger partial charge in [-0.3, -0.25) is 9.59 Å². The third-order valence-corrected chi connectivity index (χ3v) is 4.26. The van der Waals surface area contributed by atoms with Crippen LogP contribution in [0, 0.1) is 5.92 Å². The summed E-state index contributed by atoms with van der Waals surface area (Å²) in [6.07, 6.45) is 7.10. The fraction of sp³-hybridized carbons (Fsp3) is 0.867. The standard InChI is InChI=1S/C15H28N2O3/c1-2-4-12(7-10-16)5-6-13(18)17-15(8-3-9-15)11-14(19)20/h12H,2-11,16H2,1H3,(H,17,18)(H,19,20). The maximum absolute atomic E-state index is 12.0. The molecule has 0 aromatic rings. The smallest absolute Gasteiger partial charge is 0.305 e. The SMILES string of the molecule is CCCC(CCN)CCC(=O)NC1(CC(=O)O)CCC1. The second-order valence-electron chi connectivity index (χ2n) is 6.02. The van der Waals surface area contributed by atoms with E-state index >= 15 is 0 Å². The molecule has 1 fully saturated rings. The molecule has 20 heavy (non-hydrogen) atoms. The van der Waals surface area contributed by atoms with E-state index in [1.807, 2.05) is 0 Å². The lowest BCUT2D eigenvalue weighted by molar-refractivity contribution is -0.140. The number of nitrogens with one attached hydrogen (secondary N) is 1. The van der Waals surface area contributed by atoms with Crippen LogP contribution in [0.2, 0.25) is 0 Å². The maximum Gasteiger partial charge on any atom is 0.305 e. The molecule has 1 aliphatic rings. The molecule has 1 saturated carbocycles. The zero-order valence-corrected chi connectivity index (χ0v) is 12.5. The van der Waals surface area contributed by atoms with Gasteiger partial charge in [-0.1, -0.05) is 19.8 Å². The van der Waals surface area contributed by atoms with E-state index in [0.717, 1.165) is 44.9 Å². The first kappa shape index (κ1) is 17.0. The highest BCUT2D eigenvalue weighted by Gasteiger charge is 2.40. The molecule has 0 bridgehead atoms. The van der Waals surface area contributed by atoms with Crippen molar-refractivity contribution in [2.24, 2.45) is 11.7 Å². The molecule has 0 saturated heterocycles. The van der Waals surface area contributed by atoms with E-state index in [-0.39, 0.29) is 12.3 Å². The van der Waals surface area contributed by atoms with Gasteiger partial charge in [0.25, 0.3) is 0 Å². The molecule has 1 rings (SSSR count). The molecule has 5 nitrogen and oxygen atoms in total. The lowest BCUT2D eigenvalue weighted by atomic mass is 9.74. The third-order valence-electron chi connectivity index (χ3n) is 4.26. The molecule has 0 aromatic carbocycles. The molecule has 1 aliphatic carbocycles. The molecule has 0 heterocycles. The van der Waals surface area contributed by atoms with E-state index in [1.54, 1.807) is 0 Å². The van der Waals surface area contributed by atoms with Gasteiger partial charge in [-0.2, -0.15) is 0 Å². The highest BCUT2D eigenvalue weighted by atomic mass is 16.4. The Hall–Kier alpha value is -1.10. The minimum absolute atomic E-state index is 0.0101. The molecule has 116 valence electrons. The lowest BCUT2D eigenvalue weighted by Gasteiger charge is -2.41. The zero-order chi connectivity index (χ0) is 15.0. The van der Waals surface area contributed by atoms with E-state index in [4.69, 9.17) is 10.8 Å². The summed E-state index contributed by atoms with van der Waals surface area (Å²) >= 11 is 0. The Balaban J connectivity index is 2.36. The normalized spacial score (nSPS) is 18.1. The number of carbonyl (C=O) groups is 2. The van der Waals surface area contributed by atoms with Crippen molar-refractivity contribution in [1.82, 2.24) is 5.32 Å². The Morgan fingerprint density at radius 2 is 2.00 bits per heavy atom. The van der Waals surface area contributed by atoms with Crippen LogP contribution in [0.3, 0.4) is 0 Å². The van der Waals surface area contributed by atoms with E-state index < -0.39 is 11.5 Å². The van der Waals surface area contributed by atoms with Gasteiger partial charge in [0.15, 0.2) is 0 Å². The molecular weight excluding hydrogens is 256 g/mol. The summed E-state index contributed by atoms with van der Waals surface area (Å²) in [5.41, 5.74) is 5.11. The third kappa shape index (κ3) is 5.49. The first-order valence-corrected chi connectivity index (χ1v) is 7.74. The van der Waals surface area contributed by atoms with Gasteiger partial charge in [-0.25, -0.2) is 0 Å². The first-order valence-electron chi connectivity index (χ1n) is 7.74. The summed E-state index contributed by atoms with van der Waals surface area (Å²) in [7, 11) is 0. The van der Waals surface area contributed by atoms with Crippen molar-refractivity contribution in [2.75, 3.05) is 6.54 Å². The summed E-state index contributed by atoms with van der Waals surface area (Å²) in [6, 6.07) is 0. The number of hydrogen-bond donors (Lipinski definition) is 3. The van der Waals surface area contributed by atoms with Crippen LogP contribution in [0.4, 0.5) is 0 Å². The number of nitrogens with two attached hydrogens (primary N) is 1. The molecule has 0 aromatic heterocycles. The Morgan fingerprint density at radius 3 is 2.45 bits per heavy atom. The topological polar surface area (TPSA) is 92.4 Å². The molecule has 1 amide bonds. The van der Waals surface area contributed by atoms with Crippen molar-refractivity contribution in [3.8, 4) is 0 Å². The summed E-state index contributed by atoms with van der Waals surface area (Å²) in [4.78, 5) is 22.9. The maximum atomic E-state index is 12.0. The average Bonchev–Trinajstić information content (AvgIpc) is 2.33. The van der Waals surface area contributed by atoms with Crippen LogP contribution in [-0.4, -0.2) is 29.1 Å². The van der Waals surface area contributed by atoms with E-state index in [2.05, 4.69) is 12.2 Å². The summed E-state index contributed by atoms with van der Waals surface area (Å²) in [6.45, 7) is 2.80. The van der Waals surface area contributed by atoms with Crippen LogP contribution in [-0.2, 0) is 9.59 Å². The Kier molecular flexibility index (Phi) is 6.99. The number of rotatable bonds is 10. The van der Waals surface area contributed by atoms with Crippen LogP contribution in [0.1, 0.15) is 64.7 Å². The van der Waals surface area contributed by atoms with Gasteiger partial charge in [0.1, 0.15) is 0 Å². The second kappa shape index (κ2) is 8.25. The molecule has 0 radical (unpaired) electrons. The molecule has 0 spiro atoms. The quantitative estimate of drug-likeness (QED) is 0.572. The van der Waals surface area contributed by atoms with Crippen molar-refractivity contribution in [2.45, 2.75) is 70.3 Å². The number of aliphatic carboxylic acids is 1. The number of carboxylic acid groups (broad SMARTS) is 1. The minimum Gasteiger partial charge on any atom is -0.481 e. The van der Waals surface area contributed by atoms with Crippen molar-refractivity contribution in [3.63, 3.8) is 0 Å². The molecule has 0 aliphatic heterocycles. The largest absolute Gasteiger partial charge is 0.481 e. The van der Waals surface area contributed by atoms with E-state index in [0.29, 0.717) is 18.9 Å². The Labute approximate surface area is 121 Å². The Bertz CT molecular complexity index is 321. The predicted molar refractivity (Wildman–Crippen MR) is 78.3 cm³/mol. The van der Waals surface area contributed by atoms with Gasteiger partial charge in [0, 0.05) is 6.42 Å². The van der Waals surface area contributed by atoms with Gasteiger partial charge >= 0.3 is 5.97 Å². The van der Waals surface area contributed by atoms with Crippen molar-refractivity contribution in [1.29, 1.82) is 0 Å². The van der Waals surface area contributed by atoms with Crippen molar-refractivity contribution >= 4 is 11.9 Å². The van der Waals surface area contributed by atoms with Gasteiger partial charge in [0.2, 0.25) is 5.91 Å². The summed E-state index contributed by atoms with van der Waals surface area (Å²) < 4.78 is 0.